The molecule has 1 amide bonds. The third-order valence-electron chi connectivity index (χ3n) is 3.23. The minimum Gasteiger partial charge on any atom is -0.334 e. The van der Waals surface area contributed by atoms with Crippen LogP contribution in [0.1, 0.15) is 32.1 Å². The van der Waals surface area contributed by atoms with E-state index in [4.69, 9.17) is 0 Å². The Balaban J connectivity index is 1.83. The Hall–Kier alpha value is -0.710. The molecule has 0 aromatic carbocycles. The second kappa shape index (κ2) is 5.08. The van der Waals surface area contributed by atoms with Crippen molar-refractivity contribution in [3.05, 3.63) is 0 Å². The van der Waals surface area contributed by atoms with Crippen molar-refractivity contribution in [1.82, 2.24) is 10.2 Å². The maximum absolute atomic E-state index is 12.3. The largest absolute Gasteiger partial charge is 0.334 e. The highest BCUT2D eigenvalue weighted by Crippen LogP contribution is 2.28. The van der Waals surface area contributed by atoms with Crippen LogP contribution in [-0.4, -0.2) is 42.4 Å². The highest BCUT2D eigenvalue weighted by molar-refractivity contribution is 5.77. The average Bonchev–Trinajstić information content (AvgIpc) is 2.94. The van der Waals surface area contributed by atoms with E-state index in [0.717, 1.165) is 32.2 Å². The second-order valence-electron chi connectivity index (χ2n) is 4.67. The van der Waals surface area contributed by atoms with Gasteiger partial charge in [-0.1, -0.05) is 0 Å². The van der Waals surface area contributed by atoms with E-state index in [0.29, 0.717) is 6.42 Å². The van der Waals surface area contributed by atoms with Crippen LogP contribution < -0.4 is 5.32 Å². The van der Waals surface area contributed by atoms with Crippen molar-refractivity contribution < 1.29 is 13.6 Å². The smallest absolute Gasteiger partial charge is 0.255 e. The van der Waals surface area contributed by atoms with Gasteiger partial charge in [0.25, 0.3) is 6.43 Å². The Morgan fingerprint density at radius 3 is 2.62 bits per heavy atom. The first-order valence-corrected chi connectivity index (χ1v) is 5.98. The van der Waals surface area contributed by atoms with E-state index in [2.05, 4.69) is 5.32 Å². The van der Waals surface area contributed by atoms with Gasteiger partial charge in [-0.25, -0.2) is 8.78 Å². The van der Waals surface area contributed by atoms with Crippen LogP contribution in [0.4, 0.5) is 8.78 Å². The van der Waals surface area contributed by atoms with Gasteiger partial charge < -0.3 is 10.2 Å². The summed E-state index contributed by atoms with van der Waals surface area (Å²) < 4.78 is 24.7. The van der Waals surface area contributed by atoms with Crippen molar-refractivity contribution >= 4 is 5.91 Å². The fraction of sp³-hybridized carbons (Fsp3) is 0.909. The summed E-state index contributed by atoms with van der Waals surface area (Å²) in [6.45, 7) is 0.548. The molecule has 0 radical (unpaired) electrons. The number of carbonyl (C=O) groups is 1. The minimum absolute atomic E-state index is 0.0860. The van der Waals surface area contributed by atoms with Crippen LogP contribution in [0.15, 0.2) is 0 Å². The first-order valence-electron chi connectivity index (χ1n) is 5.98. The van der Waals surface area contributed by atoms with Gasteiger partial charge >= 0.3 is 0 Å². The molecular weight excluding hydrogens is 214 g/mol. The number of amides is 1. The summed E-state index contributed by atoms with van der Waals surface area (Å²) in [6, 6.07) is 0.286. The van der Waals surface area contributed by atoms with Gasteiger partial charge in [-0.3, -0.25) is 4.79 Å². The molecule has 0 spiro atoms. The van der Waals surface area contributed by atoms with Gasteiger partial charge in [0.15, 0.2) is 0 Å². The zero-order chi connectivity index (χ0) is 11.5. The van der Waals surface area contributed by atoms with Crippen LogP contribution in [0.5, 0.6) is 0 Å². The molecule has 0 bridgehead atoms. The summed E-state index contributed by atoms with van der Waals surface area (Å²) in [6.07, 6.45) is 1.80. The third kappa shape index (κ3) is 3.14. The number of nitrogens with one attached hydrogen (secondary N) is 1. The predicted octanol–water partition coefficient (Wildman–Crippen LogP) is 1.38. The molecule has 1 saturated heterocycles. The molecule has 2 fully saturated rings. The fourth-order valence-electron chi connectivity index (χ4n) is 2.25. The number of nitrogens with zero attached hydrogens (tertiary/aromatic N) is 1. The van der Waals surface area contributed by atoms with Crippen LogP contribution in [0, 0.1) is 0 Å². The van der Waals surface area contributed by atoms with E-state index < -0.39 is 13.0 Å². The SMILES string of the molecule is O=C(CC1CCCN1)N(CC(F)F)C1CC1. The first-order chi connectivity index (χ1) is 7.66. The molecule has 2 rings (SSSR count). The van der Waals surface area contributed by atoms with Gasteiger partial charge in [-0.15, -0.1) is 0 Å². The van der Waals surface area contributed by atoms with Crippen LogP contribution in [0.2, 0.25) is 0 Å². The molecule has 5 heteroatoms. The predicted molar refractivity (Wildman–Crippen MR) is 56.4 cm³/mol. The fourth-order valence-corrected chi connectivity index (χ4v) is 2.25. The lowest BCUT2D eigenvalue weighted by Gasteiger charge is -2.23. The van der Waals surface area contributed by atoms with Gasteiger partial charge in [0.05, 0.1) is 6.54 Å². The van der Waals surface area contributed by atoms with Crippen molar-refractivity contribution in [1.29, 1.82) is 0 Å². The van der Waals surface area contributed by atoms with E-state index in [1.54, 1.807) is 0 Å². The van der Waals surface area contributed by atoms with Crippen molar-refractivity contribution in [3.63, 3.8) is 0 Å². The summed E-state index contributed by atoms with van der Waals surface area (Å²) in [5.41, 5.74) is 0. The van der Waals surface area contributed by atoms with Crippen molar-refractivity contribution in [2.75, 3.05) is 13.1 Å². The van der Waals surface area contributed by atoms with Crippen LogP contribution in [0.25, 0.3) is 0 Å². The Morgan fingerprint density at radius 2 is 2.12 bits per heavy atom. The number of hydrogen-bond acceptors (Lipinski definition) is 2. The molecule has 3 nitrogen and oxygen atoms in total. The van der Waals surface area contributed by atoms with E-state index in [9.17, 15) is 13.6 Å². The maximum atomic E-state index is 12.3. The topological polar surface area (TPSA) is 32.3 Å². The number of rotatable bonds is 5. The number of hydrogen-bond donors (Lipinski definition) is 1. The molecule has 92 valence electrons. The molecule has 1 unspecified atom stereocenters. The molecule has 1 atom stereocenters. The normalized spacial score (nSPS) is 25.1. The van der Waals surface area contributed by atoms with Gasteiger partial charge in [-0.2, -0.15) is 0 Å². The minimum atomic E-state index is -2.42. The Kier molecular flexibility index (Phi) is 3.74. The Labute approximate surface area is 94.2 Å². The van der Waals surface area contributed by atoms with Crippen LogP contribution >= 0.6 is 0 Å². The standard InChI is InChI=1S/C11H18F2N2O/c12-10(13)7-15(9-3-4-9)11(16)6-8-2-1-5-14-8/h8-10,14H,1-7H2. The molecule has 1 saturated carbocycles. The summed E-state index contributed by atoms with van der Waals surface area (Å²) in [5.74, 6) is -0.109. The Bertz CT molecular complexity index is 250. The van der Waals surface area contributed by atoms with Gasteiger partial charge in [-0.05, 0) is 32.2 Å². The maximum Gasteiger partial charge on any atom is 0.255 e. The van der Waals surface area contributed by atoms with E-state index in [1.165, 1.54) is 4.90 Å². The first kappa shape index (κ1) is 11.8. The molecule has 1 aliphatic carbocycles. The summed E-state index contributed by atoms with van der Waals surface area (Å²) in [7, 11) is 0. The summed E-state index contributed by atoms with van der Waals surface area (Å²) >= 11 is 0. The number of alkyl halides is 2. The van der Waals surface area contributed by atoms with E-state index in [-0.39, 0.29) is 18.0 Å². The number of halogens is 2. The lowest BCUT2D eigenvalue weighted by atomic mass is 10.1. The molecule has 2 aliphatic rings. The molecule has 1 aliphatic heterocycles. The molecular formula is C11H18F2N2O. The highest BCUT2D eigenvalue weighted by atomic mass is 19.3. The highest BCUT2D eigenvalue weighted by Gasteiger charge is 2.35. The van der Waals surface area contributed by atoms with E-state index >= 15 is 0 Å². The summed E-state index contributed by atoms with van der Waals surface area (Å²) in [5, 5.41) is 3.22. The quantitative estimate of drug-likeness (QED) is 0.776. The van der Waals surface area contributed by atoms with E-state index in [1.807, 2.05) is 0 Å². The second-order valence-corrected chi connectivity index (χ2v) is 4.67. The van der Waals surface area contributed by atoms with Crippen LogP contribution in [-0.2, 0) is 4.79 Å². The van der Waals surface area contributed by atoms with Gasteiger partial charge in [0.2, 0.25) is 5.91 Å². The summed E-state index contributed by atoms with van der Waals surface area (Å²) in [4.78, 5) is 13.2. The zero-order valence-electron chi connectivity index (χ0n) is 9.29. The van der Waals surface area contributed by atoms with Crippen molar-refractivity contribution in [2.24, 2.45) is 0 Å². The van der Waals surface area contributed by atoms with Crippen molar-refractivity contribution in [2.45, 2.75) is 50.6 Å². The average molecular weight is 232 g/mol. The van der Waals surface area contributed by atoms with Crippen molar-refractivity contribution in [3.8, 4) is 0 Å². The van der Waals surface area contributed by atoms with Crippen LogP contribution in [0.3, 0.4) is 0 Å². The lowest BCUT2D eigenvalue weighted by Crippen LogP contribution is -2.40. The monoisotopic (exact) mass is 232 g/mol. The Morgan fingerprint density at radius 1 is 1.38 bits per heavy atom. The number of carbonyl (C=O) groups excluding carboxylic acids is 1. The molecule has 16 heavy (non-hydrogen) atoms. The van der Waals surface area contributed by atoms with Gasteiger partial charge in [0, 0.05) is 18.5 Å². The molecule has 0 aromatic heterocycles. The van der Waals surface area contributed by atoms with Gasteiger partial charge in [0.1, 0.15) is 0 Å². The molecule has 0 aromatic rings. The molecule has 1 heterocycles. The third-order valence-corrected chi connectivity index (χ3v) is 3.23. The zero-order valence-corrected chi connectivity index (χ0v) is 9.29. The lowest BCUT2D eigenvalue weighted by molar-refractivity contribution is -0.134. The molecule has 1 N–H and O–H groups in total.